The molecule has 0 aliphatic carbocycles. The Balaban J connectivity index is 2.90. The lowest BCUT2D eigenvalue weighted by Gasteiger charge is -2.26. The number of alkyl halides is 2. The summed E-state index contributed by atoms with van der Waals surface area (Å²) in [6.07, 6.45) is -0.829. The highest BCUT2D eigenvalue weighted by molar-refractivity contribution is 7.90. The van der Waals surface area contributed by atoms with E-state index in [-0.39, 0.29) is 5.56 Å². The van der Waals surface area contributed by atoms with Gasteiger partial charge in [0, 0.05) is 16.9 Å². The zero-order chi connectivity index (χ0) is 15.6. The van der Waals surface area contributed by atoms with Crippen LogP contribution in [0, 0.1) is 0 Å². The second kappa shape index (κ2) is 6.36. The monoisotopic (exact) mass is 306 g/mol. The number of aliphatic hydroxyl groups excluding tert-OH is 1. The third-order valence-electron chi connectivity index (χ3n) is 2.66. The van der Waals surface area contributed by atoms with Gasteiger partial charge in [-0.25, -0.2) is 0 Å². The van der Waals surface area contributed by atoms with E-state index >= 15 is 0 Å². The predicted molar refractivity (Wildman–Crippen MR) is 75.4 cm³/mol. The molecule has 0 bridgehead atoms. The van der Waals surface area contributed by atoms with Gasteiger partial charge in [-0.1, -0.05) is 18.2 Å². The lowest BCUT2D eigenvalue weighted by atomic mass is 10.0. The van der Waals surface area contributed by atoms with Crippen molar-refractivity contribution in [2.75, 3.05) is 6.61 Å². The lowest BCUT2D eigenvalue weighted by molar-refractivity contribution is -0.0556. The zero-order valence-electron chi connectivity index (χ0n) is 11.7. The fourth-order valence-corrected chi connectivity index (χ4v) is 2.13. The van der Waals surface area contributed by atoms with Crippen LogP contribution in [-0.4, -0.2) is 21.0 Å². The first-order chi connectivity index (χ1) is 9.08. The van der Waals surface area contributed by atoms with Crippen LogP contribution in [0.5, 0.6) is 0 Å². The molecule has 7 heteroatoms. The number of benzene rings is 1. The lowest BCUT2D eigenvalue weighted by Crippen LogP contribution is -2.43. The third-order valence-corrected chi connectivity index (χ3v) is 4.24. The van der Waals surface area contributed by atoms with E-state index in [0.29, 0.717) is 5.56 Å². The van der Waals surface area contributed by atoms with Gasteiger partial charge in [-0.2, -0.15) is 8.78 Å². The SMILES string of the molecule is CC(C)(C)[S+]([O-])N[C@H](N)c1cccc(C(F)(F)CO)c1. The summed E-state index contributed by atoms with van der Waals surface area (Å²) in [5.41, 5.74) is 5.89. The van der Waals surface area contributed by atoms with Crippen molar-refractivity contribution < 1.29 is 18.4 Å². The minimum Gasteiger partial charge on any atom is -0.598 e. The maximum absolute atomic E-state index is 13.4. The number of aliphatic hydroxyl groups is 1. The Morgan fingerprint density at radius 3 is 2.50 bits per heavy atom. The molecule has 0 saturated carbocycles. The van der Waals surface area contributed by atoms with Crippen LogP contribution < -0.4 is 10.5 Å². The Hall–Kier alpha value is -0.730. The molecule has 0 spiro atoms. The molecule has 1 unspecified atom stereocenters. The van der Waals surface area contributed by atoms with Crippen molar-refractivity contribution in [3.8, 4) is 0 Å². The van der Waals surface area contributed by atoms with Crippen molar-refractivity contribution in [1.29, 1.82) is 0 Å². The molecule has 4 N–H and O–H groups in total. The van der Waals surface area contributed by atoms with Crippen molar-refractivity contribution in [2.24, 2.45) is 5.73 Å². The minimum atomic E-state index is -3.32. The van der Waals surface area contributed by atoms with E-state index in [1.165, 1.54) is 18.2 Å². The average Bonchev–Trinajstić information content (AvgIpc) is 2.37. The van der Waals surface area contributed by atoms with Crippen LogP contribution in [0.2, 0.25) is 0 Å². The van der Waals surface area contributed by atoms with Crippen molar-refractivity contribution >= 4 is 11.4 Å². The van der Waals surface area contributed by atoms with Gasteiger partial charge in [-0.15, -0.1) is 4.72 Å². The highest BCUT2D eigenvalue weighted by Gasteiger charge is 2.32. The fourth-order valence-electron chi connectivity index (χ4n) is 1.41. The molecular weight excluding hydrogens is 286 g/mol. The summed E-state index contributed by atoms with van der Waals surface area (Å²) in [5.74, 6) is -3.32. The molecule has 0 fully saturated rings. The first-order valence-electron chi connectivity index (χ1n) is 6.10. The number of rotatable bonds is 5. The molecule has 1 aromatic rings. The molecule has 0 aliphatic heterocycles. The molecule has 0 aromatic heterocycles. The molecular formula is C13H20F2N2O2S. The molecule has 114 valence electrons. The first kappa shape index (κ1) is 17.3. The van der Waals surface area contributed by atoms with Crippen LogP contribution in [0.15, 0.2) is 24.3 Å². The van der Waals surface area contributed by atoms with Gasteiger partial charge >= 0.3 is 0 Å². The number of hydrogen-bond donors (Lipinski definition) is 3. The van der Waals surface area contributed by atoms with Crippen LogP contribution in [0.1, 0.15) is 38.1 Å². The van der Waals surface area contributed by atoms with E-state index in [1.54, 1.807) is 26.8 Å². The maximum Gasteiger partial charge on any atom is 0.295 e. The van der Waals surface area contributed by atoms with Crippen LogP contribution in [0.3, 0.4) is 0 Å². The summed E-state index contributed by atoms with van der Waals surface area (Å²) in [7, 11) is 0. The molecule has 0 heterocycles. The summed E-state index contributed by atoms with van der Waals surface area (Å²) in [4.78, 5) is 0. The van der Waals surface area contributed by atoms with Crippen LogP contribution in [0.25, 0.3) is 0 Å². The summed E-state index contributed by atoms with van der Waals surface area (Å²) < 4.78 is 40.9. The maximum atomic E-state index is 13.4. The summed E-state index contributed by atoms with van der Waals surface area (Å²) in [6, 6.07) is 5.41. The normalized spacial score (nSPS) is 16.0. The molecule has 1 rings (SSSR count). The second-order valence-electron chi connectivity index (χ2n) is 5.46. The molecule has 0 radical (unpaired) electrons. The highest BCUT2D eigenvalue weighted by Crippen LogP contribution is 2.28. The van der Waals surface area contributed by atoms with Gasteiger partial charge in [0.25, 0.3) is 5.92 Å². The average molecular weight is 306 g/mol. The van der Waals surface area contributed by atoms with Gasteiger partial charge in [0.2, 0.25) is 0 Å². The van der Waals surface area contributed by atoms with Crippen molar-refractivity contribution in [2.45, 2.75) is 37.6 Å². The standard InChI is InChI=1S/C13H20F2N2O2S/c1-12(2,3)20(19)17-11(16)9-5-4-6-10(7-9)13(14,15)8-18/h4-7,11,17-18H,8,16H2,1-3H3/t11-,20?/m0/s1. The van der Waals surface area contributed by atoms with E-state index in [1.807, 2.05) is 0 Å². The Labute approximate surface area is 120 Å². The molecule has 0 aliphatic rings. The van der Waals surface area contributed by atoms with E-state index in [4.69, 9.17) is 10.8 Å². The summed E-state index contributed by atoms with van der Waals surface area (Å²) in [6.45, 7) is 4.06. The van der Waals surface area contributed by atoms with E-state index < -0.39 is 34.8 Å². The zero-order valence-corrected chi connectivity index (χ0v) is 12.5. The van der Waals surface area contributed by atoms with E-state index in [9.17, 15) is 13.3 Å². The topological polar surface area (TPSA) is 81.3 Å². The van der Waals surface area contributed by atoms with Gasteiger partial charge in [0.15, 0.2) is 0 Å². The summed E-state index contributed by atoms with van der Waals surface area (Å²) >= 11 is -1.41. The molecule has 0 amide bonds. The van der Waals surface area contributed by atoms with Crippen molar-refractivity contribution in [3.63, 3.8) is 0 Å². The van der Waals surface area contributed by atoms with E-state index in [2.05, 4.69) is 4.72 Å². The quantitative estimate of drug-likeness (QED) is 0.572. The second-order valence-corrected chi connectivity index (χ2v) is 7.46. The Morgan fingerprint density at radius 1 is 1.40 bits per heavy atom. The smallest absolute Gasteiger partial charge is 0.295 e. The van der Waals surface area contributed by atoms with Crippen LogP contribution in [-0.2, 0) is 17.3 Å². The number of nitrogens with one attached hydrogen (secondary N) is 1. The molecule has 1 aromatic carbocycles. The minimum absolute atomic E-state index is 0.323. The number of hydrogen-bond acceptors (Lipinski definition) is 4. The largest absolute Gasteiger partial charge is 0.598 e. The molecule has 0 saturated heterocycles. The summed E-state index contributed by atoms with van der Waals surface area (Å²) in [5, 5.41) is 8.68. The predicted octanol–water partition coefficient (Wildman–Crippen LogP) is 1.78. The van der Waals surface area contributed by atoms with Gasteiger partial charge in [0.05, 0.1) is 0 Å². The highest BCUT2D eigenvalue weighted by atomic mass is 32.2. The first-order valence-corrected chi connectivity index (χ1v) is 7.25. The van der Waals surface area contributed by atoms with Crippen molar-refractivity contribution in [1.82, 2.24) is 4.72 Å². The molecule has 20 heavy (non-hydrogen) atoms. The number of nitrogens with two attached hydrogens (primary N) is 1. The van der Waals surface area contributed by atoms with E-state index in [0.717, 1.165) is 0 Å². The third kappa shape index (κ3) is 4.39. The van der Waals surface area contributed by atoms with Crippen LogP contribution in [0.4, 0.5) is 8.78 Å². The fraction of sp³-hybridized carbons (Fsp3) is 0.538. The Morgan fingerprint density at radius 2 is 2.00 bits per heavy atom. The Kier molecular flexibility index (Phi) is 5.51. The van der Waals surface area contributed by atoms with Crippen molar-refractivity contribution in [3.05, 3.63) is 35.4 Å². The van der Waals surface area contributed by atoms with Gasteiger partial charge in [0.1, 0.15) is 17.5 Å². The van der Waals surface area contributed by atoms with Gasteiger partial charge in [-0.3, -0.25) is 0 Å². The van der Waals surface area contributed by atoms with Gasteiger partial charge in [-0.05, 0) is 32.4 Å². The molecule has 2 atom stereocenters. The van der Waals surface area contributed by atoms with Crippen LogP contribution >= 0.6 is 0 Å². The number of halogens is 2. The van der Waals surface area contributed by atoms with Gasteiger partial charge < -0.3 is 15.4 Å². The molecule has 4 nitrogen and oxygen atoms in total. The Bertz CT molecular complexity index is 452.